The summed E-state index contributed by atoms with van der Waals surface area (Å²) in [4.78, 5) is 0.197. The van der Waals surface area contributed by atoms with Crippen molar-refractivity contribution < 1.29 is 13.5 Å². The summed E-state index contributed by atoms with van der Waals surface area (Å²) in [5, 5.41) is 9.25. The Morgan fingerprint density at radius 2 is 2.06 bits per heavy atom. The summed E-state index contributed by atoms with van der Waals surface area (Å²) in [6, 6.07) is 6.63. The second-order valence-electron chi connectivity index (χ2n) is 4.05. The second kappa shape index (κ2) is 6.84. The van der Waals surface area contributed by atoms with Crippen molar-refractivity contribution >= 4 is 10.0 Å². The van der Waals surface area contributed by atoms with Crippen molar-refractivity contribution in [1.82, 2.24) is 4.72 Å². The lowest BCUT2D eigenvalue weighted by Gasteiger charge is -2.17. The molecule has 102 valence electrons. The number of rotatable bonds is 7. The van der Waals surface area contributed by atoms with E-state index in [0.717, 1.165) is 6.42 Å². The fourth-order valence-corrected chi connectivity index (χ4v) is 3.11. The van der Waals surface area contributed by atoms with Crippen LogP contribution in [0.25, 0.3) is 0 Å². The fourth-order valence-electron chi connectivity index (χ4n) is 1.68. The maximum atomic E-state index is 12.1. The number of aliphatic hydroxyl groups excluding tert-OH is 1. The zero-order chi connectivity index (χ0) is 13.6. The van der Waals surface area contributed by atoms with Crippen LogP contribution in [0.5, 0.6) is 0 Å². The molecule has 1 aromatic carbocycles. The van der Waals surface area contributed by atoms with Gasteiger partial charge in [-0.05, 0) is 18.1 Å². The molecular formula is C12H20N2O3S. The third-order valence-electron chi connectivity index (χ3n) is 2.70. The molecule has 0 heterocycles. The highest BCUT2D eigenvalue weighted by Crippen LogP contribution is 2.23. The summed E-state index contributed by atoms with van der Waals surface area (Å²) in [6.45, 7) is 2.32. The predicted molar refractivity (Wildman–Crippen MR) is 70.8 cm³/mol. The average molecular weight is 272 g/mol. The van der Waals surface area contributed by atoms with Crippen molar-refractivity contribution in [1.29, 1.82) is 0 Å². The summed E-state index contributed by atoms with van der Waals surface area (Å²) in [5.41, 5.74) is 6.11. The van der Waals surface area contributed by atoms with E-state index in [0.29, 0.717) is 12.1 Å². The monoisotopic (exact) mass is 272 g/mol. The van der Waals surface area contributed by atoms with Crippen LogP contribution >= 0.6 is 0 Å². The Bertz CT molecular complexity index is 470. The van der Waals surface area contributed by atoms with Gasteiger partial charge in [0.2, 0.25) is 10.0 Å². The Morgan fingerprint density at radius 3 is 2.61 bits per heavy atom. The van der Waals surface area contributed by atoms with Crippen LogP contribution < -0.4 is 10.5 Å². The maximum absolute atomic E-state index is 12.1. The number of benzene rings is 1. The van der Waals surface area contributed by atoms with Crippen LogP contribution in [0, 0.1) is 0 Å². The van der Waals surface area contributed by atoms with Gasteiger partial charge in [0.15, 0.2) is 0 Å². The highest BCUT2D eigenvalue weighted by molar-refractivity contribution is 7.89. The Balaban J connectivity index is 3.16. The Kier molecular flexibility index (Phi) is 5.74. The minimum atomic E-state index is -3.53. The summed E-state index contributed by atoms with van der Waals surface area (Å²) in [6.07, 6.45) is 0.724. The molecule has 0 aliphatic carbocycles. The van der Waals surface area contributed by atoms with Crippen LogP contribution in [-0.2, 0) is 10.0 Å². The molecule has 0 saturated carbocycles. The summed E-state index contributed by atoms with van der Waals surface area (Å²) >= 11 is 0. The van der Waals surface area contributed by atoms with Gasteiger partial charge in [0.1, 0.15) is 0 Å². The van der Waals surface area contributed by atoms with E-state index in [1.807, 2.05) is 6.92 Å². The van der Waals surface area contributed by atoms with Crippen LogP contribution in [0.2, 0.25) is 0 Å². The lowest BCUT2D eigenvalue weighted by Crippen LogP contribution is -2.27. The topological polar surface area (TPSA) is 92.4 Å². The molecule has 1 unspecified atom stereocenters. The molecule has 1 aromatic rings. The molecule has 0 spiro atoms. The van der Waals surface area contributed by atoms with Gasteiger partial charge in [-0.1, -0.05) is 25.1 Å². The van der Waals surface area contributed by atoms with Gasteiger partial charge in [0.05, 0.1) is 11.5 Å². The van der Waals surface area contributed by atoms with Crippen molar-refractivity contribution in [3.63, 3.8) is 0 Å². The van der Waals surface area contributed by atoms with E-state index in [9.17, 15) is 13.5 Å². The predicted octanol–water partition coefficient (Wildman–Crippen LogP) is 0.410. The number of nitrogens with one attached hydrogen (secondary N) is 1. The molecule has 0 radical (unpaired) electrons. The summed E-state index contributed by atoms with van der Waals surface area (Å²) in [7, 11) is -3.53. The first kappa shape index (κ1) is 15.1. The molecule has 0 saturated heterocycles. The molecule has 0 aromatic heterocycles. The molecule has 0 fully saturated rings. The minimum absolute atomic E-state index is 0.170. The van der Waals surface area contributed by atoms with Crippen LogP contribution in [0.1, 0.15) is 24.8 Å². The highest BCUT2D eigenvalue weighted by atomic mass is 32.2. The van der Waals surface area contributed by atoms with E-state index in [4.69, 9.17) is 5.73 Å². The molecule has 18 heavy (non-hydrogen) atoms. The molecule has 0 amide bonds. The van der Waals surface area contributed by atoms with Gasteiger partial charge in [-0.25, -0.2) is 13.1 Å². The van der Waals surface area contributed by atoms with E-state index in [1.165, 1.54) is 6.07 Å². The standard InChI is InChI=1S/C12H20N2O3S/c1-2-7-14-18(16,17)12-6-4-3-5-11(12)10(8-13)9-15/h3-6,10,14-15H,2,7-9,13H2,1H3. The fraction of sp³-hybridized carbons (Fsp3) is 0.500. The van der Waals surface area contributed by atoms with E-state index in [2.05, 4.69) is 4.72 Å². The first-order chi connectivity index (χ1) is 8.56. The number of nitrogens with two attached hydrogens (primary N) is 1. The van der Waals surface area contributed by atoms with Gasteiger partial charge in [-0.3, -0.25) is 0 Å². The number of hydrogen-bond donors (Lipinski definition) is 3. The van der Waals surface area contributed by atoms with Gasteiger partial charge in [-0.2, -0.15) is 0 Å². The lowest BCUT2D eigenvalue weighted by molar-refractivity contribution is 0.266. The number of sulfonamides is 1. The normalized spacial score (nSPS) is 13.5. The molecule has 6 heteroatoms. The first-order valence-corrected chi connectivity index (χ1v) is 7.44. The van der Waals surface area contributed by atoms with Crippen LogP contribution in [0.4, 0.5) is 0 Å². The average Bonchev–Trinajstić information content (AvgIpc) is 2.38. The summed E-state index contributed by atoms with van der Waals surface area (Å²) in [5.74, 6) is -0.362. The van der Waals surface area contributed by atoms with Crippen molar-refractivity contribution in [3.8, 4) is 0 Å². The third-order valence-corrected chi connectivity index (χ3v) is 4.23. The molecule has 1 atom stereocenters. The van der Waals surface area contributed by atoms with Crippen LogP contribution in [-0.4, -0.2) is 33.2 Å². The van der Waals surface area contributed by atoms with Crippen molar-refractivity contribution in [3.05, 3.63) is 29.8 Å². The van der Waals surface area contributed by atoms with Crippen molar-refractivity contribution in [2.75, 3.05) is 19.7 Å². The molecule has 0 bridgehead atoms. The van der Waals surface area contributed by atoms with E-state index >= 15 is 0 Å². The quantitative estimate of drug-likeness (QED) is 0.670. The molecular weight excluding hydrogens is 252 g/mol. The Labute approximate surface area is 108 Å². The van der Waals surface area contributed by atoms with E-state index < -0.39 is 10.0 Å². The zero-order valence-electron chi connectivity index (χ0n) is 10.5. The Morgan fingerprint density at radius 1 is 1.39 bits per heavy atom. The molecule has 5 nitrogen and oxygen atoms in total. The van der Waals surface area contributed by atoms with Gasteiger partial charge >= 0.3 is 0 Å². The Hall–Kier alpha value is -0.950. The molecule has 0 aliphatic rings. The maximum Gasteiger partial charge on any atom is 0.240 e. The highest BCUT2D eigenvalue weighted by Gasteiger charge is 2.21. The molecule has 4 N–H and O–H groups in total. The molecule has 1 rings (SSSR count). The van der Waals surface area contributed by atoms with Crippen LogP contribution in [0.15, 0.2) is 29.2 Å². The SMILES string of the molecule is CCCNS(=O)(=O)c1ccccc1C(CN)CO. The largest absolute Gasteiger partial charge is 0.396 e. The van der Waals surface area contributed by atoms with Gasteiger partial charge in [-0.15, -0.1) is 0 Å². The van der Waals surface area contributed by atoms with Gasteiger partial charge in [0, 0.05) is 19.0 Å². The van der Waals surface area contributed by atoms with Gasteiger partial charge in [0.25, 0.3) is 0 Å². The number of aliphatic hydroxyl groups is 1. The third kappa shape index (κ3) is 3.52. The van der Waals surface area contributed by atoms with E-state index in [1.54, 1.807) is 18.2 Å². The zero-order valence-corrected chi connectivity index (χ0v) is 11.3. The smallest absolute Gasteiger partial charge is 0.240 e. The van der Waals surface area contributed by atoms with Crippen LogP contribution in [0.3, 0.4) is 0 Å². The van der Waals surface area contributed by atoms with E-state index in [-0.39, 0.29) is 24.0 Å². The minimum Gasteiger partial charge on any atom is -0.396 e. The second-order valence-corrected chi connectivity index (χ2v) is 5.79. The lowest BCUT2D eigenvalue weighted by atomic mass is 10.0. The van der Waals surface area contributed by atoms with Crippen molar-refractivity contribution in [2.45, 2.75) is 24.2 Å². The molecule has 0 aliphatic heterocycles. The van der Waals surface area contributed by atoms with Crippen molar-refractivity contribution in [2.24, 2.45) is 5.73 Å². The summed E-state index contributed by atoms with van der Waals surface area (Å²) < 4.78 is 26.7. The first-order valence-electron chi connectivity index (χ1n) is 5.96. The number of hydrogen-bond acceptors (Lipinski definition) is 4. The van der Waals surface area contributed by atoms with Gasteiger partial charge < -0.3 is 10.8 Å².